The lowest BCUT2D eigenvalue weighted by Crippen LogP contribution is -2.04. The van der Waals surface area contributed by atoms with Gasteiger partial charge in [0.05, 0.1) is 17.6 Å². The minimum absolute atomic E-state index is 0.201. The number of fused-ring (bicyclic) bond motifs is 1. The van der Waals surface area contributed by atoms with Crippen LogP contribution in [0, 0.1) is 0 Å². The largest absolute Gasteiger partial charge is 0.508 e. The molecule has 0 bridgehead atoms. The average molecular weight is 412 g/mol. The molecule has 7 nitrogen and oxygen atoms in total. The molecular weight excluding hydrogens is 384 g/mol. The Morgan fingerprint density at radius 2 is 1.83 bits per heavy atom. The number of rotatable bonds is 12. The number of imidazole rings is 1. The summed E-state index contributed by atoms with van der Waals surface area (Å²) in [6, 6.07) is 12.9. The number of aromatic nitrogens is 2. The summed E-state index contributed by atoms with van der Waals surface area (Å²) in [5.41, 5.74) is 2.80. The van der Waals surface area contributed by atoms with Crippen molar-refractivity contribution in [3.05, 3.63) is 42.5 Å². The fourth-order valence-electron chi connectivity index (χ4n) is 3.36. The van der Waals surface area contributed by atoms with Crippen molar-refractivity contribution in [2.24, 2.45) is 0 Å². The number of carboxylic acids is 1. The lowest BCUT2D eigenvalue weighted by molar-refractivity contribution is -0.137. The van der Waals surface area contributed by atoms with E-state index < -0.39 is 5.97 Å². The van der Waals surface area contributed by atoms with Crippen molar-refractivity contribution in [2.75, 3.05) is 20.3 Å². The molecule has 3 aromatic rings. The Balaban J connectivity index is 1.77. The van der Waals surface area contributed by atoms with Gasteiger partial charge in [0.15, 0.2) is 0 Å². The SMILES string of the molecule is COCCCn1c(-c2ccc(O)cc2)nc2ccc(OCCCCCC(=O)O)cc21. The number of hydrogen-bond donors (Lipinski definition) is 2. The number of ether oxygens (including phenoxy) is 2. The molecule has 7 heteroatoms. The highest BCUT2D eigenvalue weighted by Gasteiger charge is 2.13. The highest BCUT2D eigenvalue weighted by molar-refractivity contribution is 5.82. The van der Waals surface area contributed by atoms with Crippen molar-refractivity contribution in [1.82, 2.24) is 9.55 Å². The van der Waals surface area contributed by atoms with Crippen LogP contribution in [0.25, 0.3) is 22.4 Å². The van der Waals surface area contributed by atoms with Gasteiger partial charge in [0.1, 0.15) is 17.3 Å². The smallest absolute Gasteiger partial charge is 0.303 e. The first-order valence-corrected chi connectivity index (χ1v) is 10.2. The van der Waals surface area contributed by atoms with Gasteiger partial charge in [-0.25, -0.2) is 4.98 Å². The Morgan fingerprint density at radius 1 is 1.03 bits per heavy atom. The number of aromatic hydroxyl groups is 1. The third kappa shape index (κ3) is 5.73. The minimum atomic E-state index is -0.757. The van der Waals surface area contributed by atoms with Gasteiger partial charge in [-0.05, 0) is 62.1 Å². The van der Waals surface area contributed by atoms with Gasteiger partial charge in [-0.3, -0.25) is 4.79 Å². The van der Waals surface area contributed by atoms with E-state index in [1.165, 1.54) is 0 Å². The molecule has 0 saturated carbocycles. The maximum atomic E-state index is 10.6. The van der Waals surface area contributed by atoms with Crippen LogP contribution in [0.1, 0.15) is 32.1 Å². The molecule has 160 valence electrons. The summed E-state index contributed by atoms with van der Waals surface area (Å²) in [4.78, 5) is 15.4. The first kappa shape index (κ1) is 21.6. The van der Waals surface area contributed by atoms with Crippen LogP contribution >= 0.6 is 0 Å². The molecule has 0 aliphatic rings. The maximum absolute atomic E-state index is 10.6. The van der Waals surface area contributed by atoms with E-state index in [4.69, 9.17) is 19.6 Å². The van der Waals surface area contributed by atoms with Crippen molar-refractivity contribution in [3.8, 4) is 22.9 Å². The van der Waals surface area contributed by atoms with Crippen LogP contribution in [0.15, 0.2) is 42.5 Å². The second-order valence-corrected chi connectivity index (χ2v) is 7.18. The standard InChI is InChI=1S/C23H28N2O5/c1-29-14-5-13-25-21-16-19(30-15-4-2-3-6-22(27)28)11-12-20(21)24-23(25)17-7-9-18(26)10-8-17/h7-12,16,26H,2-6,13-15H2,1H3,(H,27,28). The van der Waals surface area contributed by atoms with Gasteiger partial charge >= 0.3 is 5.97 Å². The van der Waals surface area contributed by atoms with Gasteiger partial charge in [-0.2, -0.15) is 0 Å². The Labute approximate surface area is 175 Å². The molecule has 0 radical (unpaired) electrons. The molecule has 30 heavy (non-hydrogen) atoms. The molecule has 0 atom stereocenters. The van der Waals surface area contributed by atoms with Crippen molar-refractivity contribution >= 4 is 17.0 Å². The summed E-state index contributed by atoms with van der Waals surface area (Å²) in [5.74, 6) is 1.07. The zero-order valence-electron chi connectivity index (χ0n) is 17.2. The number of phenols is 1. The predicted molar refractivity (Wildman–Crippen MR) is 115 cm³/mol. The zero-order chi connectivity index (χ0) is 21.3. The molecule has 1 heterocycles. The van der Waals surface area contributed by atoms with E-state index in [9.17, 15) is 9.90 Å². The second kappa shape index (κ2) is 10.6. The summed E-state index contributed by atoms with van der Waals surface area (Å²) >= 11 is 0. The maximum Gasteiger partial charge on any atom is 0.303 e. The Morgan fingerprint density at radius 3 is 2.57 bits per heavy atom. The molecule has 2 aromatic carbocycles. The van der Waals surface area contributed by atoms with E-state index in [-0.39, 0.29) is 12.2 Å². The monoisotopic (exact) mass is 412 g/mol. The van der Waals surface area contributed by atoms with Crippen molar-refractivity contribution in [1.29, 1.82) is 0 Å². The molecule has 0 aliphatic heterocycles. The number of carboxylic acid groups (broad SMARTS) is 1. The van der Waals surface area contributed by atoms with Crippen LogP contribution in [-0.2, 0) is 16.1 Å². The number of aryl methyl sites for hydroxylation is 1. The van der Waals surface area contributed by atoms with Gasteiger partial charge in [0, 0.05) is 38.3 Å². The van der Waals surface area contributed by atoms with Crippen LogP contribution in [-0.4, -0.2) is 46.1 Å². The van der Waals surface area contributed by atoms with Crippen LogP contribution in [0.3, 0.4) is 0 Å². The summed E-state index contributed by atoms with van der Waals surface area (Å²) in [7, 11) is 1.69. The second-order valence-electron chi connectivity index (χ2n) is 7.18. The number of aliphatic carboxylic acids is 1. The third-order valence-corrected chi connectivity index (χ3v) is 4.88. The fraction of sp³-hybridized carbons (Fsp3) is 0.391. The molecule has 0 saturated heterocycles. The summed E-state index contributed by atoms with van der Waals surface area (Å²) < 4.78 is 13.2. The van der Waals surface area contributed by atoms with Gasteiger partial charge in [0.25, 0.3) is 0 Å². The van der Waals surface area contributed by atoms with E-state index in [0.29, 0.717) is 19.6 Å². The average Bonchev–Trinajstić information content (AvgIpc) is 3.09. The quantitative estimate of drug-likeness (QED) is 0.426. The number of methoxy groups -OCH3 is 1. The number of unbranched alkanes of at least 4 members (excludes halogenated alkanes) is 2. The summed E-state index contributed by atoms with van der Waals surface area (Å²) in [6.45, 7) is 1.95. The lowest BCUT2D eigenvalue weighted by Gasteiger charge is -2.10. The summed E-state index contributed by atoms with van der Waals surface area (Å²) in [6.07, 6.45) is 3.36. The van der Waals surface area contributed by atoms with Crippen molar-refractivity contribution in [3.63, 3.8) is 0 Å². The molecule has 0 unspecified atom stereocenters. The Kier molecular flexibility index (Phi) is 7.68. The van der Waals surface area contributed by atoms with Gasteiger partial charge in [0.2, 0.25) is 0 Å². The van der Waals surface area contributed by atoms with E-state index in [0.717, 1.165) is 54.0 Å². The topological polar surface area (TPSA) is 93.8 Å². The van der Waals surface area contributed by atoms with Gasteiger partial charge < -0.3 is 24.3 Å². The first-order chi connectivity index (χ1) is 14.6. The normalized spacial score (nSPS) is 11.1. The van der Waals surface area contributed by atoms with Crippen LogP contribution < -0.4 is 4.74 Å². The van der Waals surface area contributed by atoms with Gasteiger partial charge in [-0.1, -0.05) is 0 Å². The summed E-state index contributed by atoms with van der Waals surface area (Å²) in [5, 5.41) is 18.3. The van der Waals surface area contributed by atoms with Crippen molar-refractivity contribution in [2.45, 2.75) is 38.6 Å². The Hall–Kier alpha value is -3.06. The van der Waals surface area contributed by atoms with E-state index >= 15 is 0 Å². The van der Waals surface area contributed by atoms with Gasteiger partial charge in [-0.15, -0.1) is 0 Å². The molecule has 0 spiro atoms. The molecular formula is C23H28N2O5. The number of carbonyl (C=O) groups is 1. The molecule has 2 N–H and O–H groups in total. The molecule has 3 rings (SSSR count). The molecule has 0 aliphatic carbocycles. The number of hydrogen-bond acceptors (Lipinski definition) is 5. The van der Waals surface area contributed by atoms with E-state index in [2.05, 4.69) is 4.57 Å². The molecule has 0 fully saturated rings. The molecule has 0 amide bonds. The van der Waals surface area contributed by atoms with E-state index in [1.807, 2.05) is 30.3 Å². The van der Waals surface area contributed by atoms with E-state index in [1.54, 1.807) is 19.2 Å². The number of nitrogens with zero attached hydrogens (tertiary/aromatic N) is 2. The minimum Gasteiger partial charge on any atom is -0.508 e. The highest BCUT2D eigenvalue weighted by Crippen LogP contribution is 2.29. The fourth-order valence-corrected chi connectivity index (χ4v) is 3.36. The van der Waals surface area contributed by atoms with Crippen LogP contribution in [0.5, 0.6) is 11.5 Å². The predicted octanol–water partition coefficient (Wildman–Crippen LogP) is 4.47. The third-order valence-electron chi connectivity index (χ3n) is 4.88. The van der Waals surface area contributed by atoms with Crippen LogP contribution in [0.4, 0.5) is 0 Å². The van der Waals surface area contributed by atoms with Crippen LogP contribution in [0.2, 0.25) is 0 Å². The zero-order valence-corrected chi connectivity index (χ0v) is 17.2. The number of phenolic OH excluding ortho intramolecular Hbond substituents is 1. The lowest BCUT2D eigenvalue weighted by atomic mass is 10.2. The first-order valence-electron chi connectivity index (χ1n) is 10.2. The Bertz CT molecular complexity index is 966. The number of benzene rings is 2. The molecule has 1 aromatic heterocycles. The van der Waals surface area contributed by atoms with Crippen molar-refractivity contribution < 1.29 is 24.5 Å². The highest BCUT2D eigenvalue weighted by atomic mass is 16.5.